The lowest BCUT2D eigenvalue weighted by Crippen LogP contribution is -2.20. The predicted octanol–water partition coefficient (Wildman–Crippen LogP) is 5.85. The average molecular weight is 445 g/mol. The van der Waals surface area contributed by atoms with Gasteiger partial charge in [-0.1, -0.05) is 53.5 Å². The number of carbonyl (C=O) groups is 1. The van der Waals surface area contributed by atoms with Crippen molar-refractivity contribution < 1.29 is 9.53 Å². The number of ether oxygens (including phenoxy) is 1. The Balaban J connectivity index is 1.58. The highest BCUT2D eigenvalue weighted by Crippen LogP contribution is 2.31. The molecule has 0 aliphatic rings. The quantitative estimate of drug-likeness (QED) is 0.496. The zero-order valence-electron chi connectivity index (χ0n) is 15.3. The van der Waals surface area contributed by atoms with Gasteiger partial charge in [-0.25, -0.2) is 4.98 Å². The summed E-state index contributed by atoms with van der Waals surface area (Å²) in [5, 5.41) is 3.40. The van der Waals surface area contributed by atoms with Gasteiger partial charge in [-0.3, -0.25) is 10.1 Å². The number of anilines is 1. The van der Waals surface area contributed by atoms with E-state index in [1.165, 1.54) is 16.9 Å². The molecular formula is C21H21BrN2O2S. The smallest absolute Gasteiger partial charge is 0.264 e. The van der Waals surface area contributed by atoms with Crippen molar-refractivity contribution in [1.29, 1.82) is 0 Å². The second kappa shape index (κ2) is 9.15. The second-order valence-electron chi connectivity index (χ2n) is 6.16. The molecule has 4 nitrogen and oxygen atoms in total. The molecule has 0 radical (unpaired) electrons. The first-order valence-electron chi connectivity index (χ1n) is 8.80. The van der Waals surface area contributed by atoms with Crippen LogP contribution >= 0.6 is 27.3 Å². The number of halogens is 1. The van der Waals surface area contributed by atoms with Gasteiger partial charge in [-0.2, -0.15) is 0 Å². The van der Waals surface area contributed by atoms with E-state index in [9.17, 15) is 4.79 Å². The Morgan fingerprint density at radius 2 is 1.85 bits per heavy atom. The van der Waals surface area contributed by atoms with Gasteiger partial charge >= 0.3 is 0 Å². The van der Waals surface area contributed by atoms with Crippen molar-refractivity contribution in [2.24, 2.45) is 0 Å². The molecule has 0 aliphatic heterocycles. The van der Waals surface area contributed by atoms with E-state index in [4.69, 9.17) is 4.74 Å². The molecule has 0 aliphatic carbocycles. The Hall–Kier alpha value is -2.18. The third-order valence-corrected chi connectivity index (χ3v) is 5.41. The Morgan fingerprint density at radius 1 is 1.15 bits per heavy atom. The van der Waals surface area contributed by atoms with Gasteiger partial charge in [-0.05, 0) is 43.2 Å². The highest BCUT2D eigenvalue weighted by Gasteiger charge is 2.12. The Bertz CT molecular complexity index is 905. The second-order valence-corrected chi connectivity index (χ2v) is 8.28. The first-order chi connectivity index (χ1) is 13.0. The monoisotopic (exact) mass is 444 g/mol. The van der Waals surface area contributed by atoms with Crippen molar-refractivity contribution in [3.63, 3.8) is 0 Å². The molecule has 0 saturated heterocycles. The van der Waals surface area contributed by atoms with Crippen molar-refractivity contribution in [3.8, 4) is 17.0 Å². The van der Waals surface area contributed by atoms with Crippen molar-refractivity contribution >= 4 is 38.3 Å². The summed E-state index contributed by atoms with van der Waals surface area (Å²) in [6.45, 7) is 4.11. The molecule has 3 aromatic rings. The number of hydrogen-bond acceptors (Lipinski definition) is 4. The third kappa shape index (κ3) is 5.40. The van der Waals surface area contributed by atoms with Gasteiger partial charge in [0.2, 0.25) is 0 Å². The van der Waals surface area contributed by atoms with E-state index in [1.54, 1.807) is 0 Å². The van der Waals surface area contributed by atoms with E-state index in [1.807, 2.05) is 55.5 Å². The third-order valence-electron chi connectivity index (χ3n) is 3.99. The van der Waals surface area contributed by atoms with E-state index < -0.39 is 0 Å². The molecular weight excluding hydrogens is 424 g/mol. The van der Waals surface area contributed by atoms with Crippen molar-refractivity contribution in [2.75, 3.05) is 11.9 Å². The standard InChI is InChI=1S/C21H21BrN2O2S/c1-3-4-15-5-11-18(12-6-15)26-13-19(25)23-21-24-20(14(2)27-21)16-7-9-17(22)10-8-16/h5-12H,3-4,13H2,1-2H3,(H,23,24,25). The fraction of sp³-hybridized carbons (Fsp3) is 0.238. The lowest BCUT2D eigenvalue weighted by molar-refractivity contribution is -0.118. The van der Waals surface area contributed by atoms with Gasteiger partial charge in [0.25, 0.3) is 5.91 Å². The van der Waals surface area contributed by atoms with Crippen LogP contribution in [0.2, 0.25) is 0 Å². The van der Waals surface area contributed by atoms with Gasteiger partial charge in [-0.15, -0.1) is 11.3 Å². The summed E-state index contributed by atoms with van der Waals surface area (Å²) in [6.07, 6.45) is 2.16. The minimum atomic E-state index is -0.219. The molecule has 1 N–H and O–H groups in total. The van der Waals surface area contributed by atoms with Gasteiger partial charge in [0.05, 0.1) is 5.69 Å². The van der Waals surface area contributed by atoms with Gasteiger partial charge in [0.1, 0.15) is 5.75 Å². The molecule has 0 saturated carbocycles. The van der Waals surface area contributed by atoms with E-state index in [0.29, 0.717) is 10.9 Å². The van der Waals surface area contributed by atoms with Crippen LogP contribution in [0.5, 0.6) is 5.75 Å². The van der Waals surface area contributed by atoms with Crippen LogP contribution in [-0.4, -0.2) is 17.5 Å². The van der Waals surface area contributed by atoms with E-state index >= 15 is 0 Å². The van der Waals surface area contributed by atoms with E-state index in [-0.39, 0.29) is 12.5 Å². The number of amides is 1. The zero-order valence-corrected chi connectivity index (χ0v) is 17.7. The molecule has 0 unspecified atom stereocenters. The van der Waals surface area contributed by atoms with Gasteiger partial charge in [0, 0.05) is 14.9 Å². The molecule has 1 aromatic heterocycles. The summed E-state index contributed by atoms with van der Waals surface area (Å²) >= 11 is 4.89. The molecule has 3 rings (SSSR count). The molecule has 140 valence electrons. The number of carbonyl (C=O) groups excluding carboxylic acids is 1. The normalized spacial score (nSPS) is 10.6. The summed E-state index contributed by atoms with van der Waals surface area (Å²) < 4.78 is 6.59. The Morgan fingerprint density at radius 3 is 2.52 bits per heavy atom. The zero-order chi connectivity index (χ0) is 19.2. The molecule has 0 fully saturated rings. The van der Waals surface area contributed by atoms with Crippen LogP contribution < -0.4 is 10.1 Å². The fourth-order valence-electron chi connectivity index (χ4n) is 2.67. The maximum absolute atomic E-state index is 12.2. The molecule has 0 spiro atoms. The molecule has 0 atom stereocenters. The van der Waals surface area contributed by atoms with Crippen LogP contribution in [-0.2, 0) is 11.2 Å². The predicted molar refractivity (Wildman–Crippen MR) is 115 cm³/mol. The summed E-state index contributed by atoms with van der Waals surface area (Å²) in [4.78, 5) is 17.8. The van der Waals surface area contributed by atoms with Crippen LogP contribution in [0.1, 0.15) is 23.8 Å². The number of nitrogens with one attached hydrogen (secondary N) is 1. The number of aromatic nitrogens is 1. The average Bonchev–Trinajstić information content (AvgIpc) is 3.02. The molecule has 6 heteroatoms. The largest absolute Gasteiger partial charge is 0.484 e. The molecule has 27 heavy (non-hydrogen) atoms. The van der Waals surface area contributed by atoms with E-state index in [0.717, 1.165) is 33.4 Å². The number of thiazole rings is 1. The number of benzene rings is 2. The van der Waals surface area contributed by atoms with Crippen LogP contribution in [0.3, 0.4) is 0 Å². The number of aryl methyl sites for hydroxylation is 2. The summed E-state index contributed by atoms with van der Waals surface area (Å²) in [5.41, 5.74) is 3.18. The molecule has 2 aromatic carbocycles. The molecule has 1 heterocycles. The van der Waals surface area contributed by atoms with Crippen LogP contribution in [0.15, 0.2) is 53.0 Å². The number of rotatable bonds is 7. The fourth-order valence-corrected chi connectivity index (χ4v) is 3.79. The topological polar surface area (TPSA) is 51.2 Å². The van der Waals surface area contributed by atoms with Crippen molar-refractivity contribution in [2.45, 2.75) is 26.7 Å². The van der Waals surface area contributed by atoms with Crippen molar-refractivity contribution in [3.05, 3.63) is 63.4 Å². The lowest BCUT2D eigenvalue weighted by atomic mass is 10.1. The minimum Gasteiger partial charge on any atom is -0.484 e. The van der Waals surface area contributed by atoms with Crippen LogP contribution in [0.25, 0.3) is 11.3 Å². The first kappa shape index (κ1) is 19.6. The molecule has 0 bridgehead atoms. The lowest BCUT2D eigenvalue weighted by Gasteiger charge is -2.06. The number of nitrogens with zero attached hydrogens (tertiary/aromatic N) is 1. The van der Waals surface area contributed by atoms with Gasteiger partial charge in [0.15, 0.2) is 11.7 Å². The SMILES string of the molecule is CCCc1ccc(OCC(=O)Nc2nc(-c3ccc(Br)cc3)c(C)s2)cc1. The highest BCUT2D eigenvalue weighted by atomic mass is 79.9. The first-order valence-corrected chi connectivity index (χ1v) is 10.4. The van der Waals surface area contributed by atoms with Gasteiger partial charge < -0.3 is 4.74 Å². The number of hydrogen-bond donors (Lipinski definition) is 1. The summed E-state index contributed by atoms with van der Waals surface area (Å²) in [7, 11) is 0. The maximum atomic E-state index is 12.2. The van der Waals surface area contributed by atoms with Crippen molar-refractivity contribution in [1.82, 2.24) is 4.98 Å². The van der Waals surface area contributed by atoms with Crippen LogP contribution in [0, 0.1) is 6.92 Å². The summed E-state index contributed by atoms with van der Waals surface area (Å²) in [5.74, 6) is 0.472. The Kier molecular flexibility index (Phi) is 6.63. The Labute approximate surface area is 171 Å². The molecule has 1 amide bonds. The maximum Gasteiger partial charge on any atom is 0.264 e. The summed E-state index contributed by atoms with van der Waals surface area (Å²) in [6, 6.07) is 15.8. The van der Waals surface area contributed by atoms with Crippen LogP contribution in [0.4, 0.5) is 5.13 Å². The highest BCUT2D eigenvalue weighted by molar-refractivity contribution is 9.10. The minimum absolute atomic E-state index is 0.0423. The van der Waals surface area contributed by atoms with E-state index in [2.05, 4.69) is 33.2 Å².